The fourth-order valence-electron chi connectivity index (χ4n) is 2.27. The molecule has 0 radical (unpaired) electrons. The summed E-state index contributed by atoms with van der Waals surface area (Å²) in [6, 6.07) is 5.26. The van der Waals surface area contributed by atoms with Crippen LogP contribution in [0.1, 0.15) is 12.0 Å². The second-order valence-electron chi connectivity index (χ2n) is 4.85. The van der Waals surface area contributed by atoms with Crippen molar-refractivity contribution in [3.63, 3.8) is 0 Å². The maximum absolute atomic E-state index is 10.7. The SMILES string of the molecule is COc1ccc(CC(=O)O)cc1OC1CCN(C)C1. The van der Waals surface area contributed by atoms with Gasteiger partial charge in [0.05, 0.1) is 13.5 Å². The van der Waals surface area contributed by atoms with E-state index >= 15 is 0 Å². The molecular formula is C14H19NO4. The fraction of sp³-hybridized carbons (Fsp3) is 0.500. The molecule has 104 valence electrons. The number of hydrogen-bond acceptors (Lipinski definition) is 4. The summed E-state index contributed by atoms with van der Waals surface area (Å²) in [6.07, 6.45) is 1.10. The molecule has 0 saturated carbocycles. The minimum atomic E-state index is -0.850. The molecule has 0 aromatic heterocycles. The van der Waals surface area contributed by atoms with Crippen molar-refractivity contribution in [2.24, 2.45) is 0 Å². The molecule has 1 fully saturated rings. The van der Waals surface area contributed by atoms with Gasteiger partial charge in [-0.25, -0.2) is 0 Å². The van der Waals surface area contributed by atoms with Gasteiger partial charge in [-0.1, -0.05) is 6.07 Å². The second kappa shape index (κ2) is 5.93. The minimum Gasteiger partial charge on any atom is -0.493 e. The summed E-state index contributed by atoms with van der Waals surface area (Å²) in [5.74, 6) is 0.418. The molecule has 1 aromatic carbocycles. The Morgan fingerprint density at radius 1 is 1.47 bits per heavy atom. The molecule has 0 aliphatic carbocycles. The molecule has 0 amide bonds. The highest BCUT2D eigenvalue weighted by Gasteiger charge is 2.22. The third-order valence-electron chi connectivity index (χ3n) is 3.23. The van der Waals surface area contributed by atoms with E-state index in [0.29, 0.717) is 11.5 Å². The van der Waals surface area contributed by atoms with Crippen LogP contribution in [0.25, 0.3) is 0 Å². The van der Waals surface area contributed by atoms with E-state index in [0.717, 1.165) is 25.1 Å². The van der Waals surface area contributed by atoms with Crippen LogP contribution in [0.5, 0.6) is 11.5 Å². The van der Waals surface area contributed by atoms with Gasteiger partial charge in [-0.2, -0.15) is 0 Å². The topological polar surface area (TPSA) is 59.0 Å². The minimum absolute atomic E-state index is 0.00900. The Kier molecular flexibility index (Phi) is 4.27. The zero-order valence-electron chi connectivity index (χ0n) is 11.3. The summed E-state index contributed by atoms with van der Waals surface area (Å²) in [5, 5.41) is 8.82. The van der Waals surface area contributed by atoms with E-state index in [9.17, 15) is 4.79 Å². The molecule has 1 N–H and O–H groups in total. The first kappa shape index (κ1) is 13.7. The average Bonchev–Trinajstić information content (AvgIpc) is 2.74. The molecular weight excluding hydrogens is 246 g/mol. The lowest BCUT2D eigenvalue weighted by molar-refractivity contribution is -0.136. The zero-order valence-corrected chi connectivity index (χ0v) is 11.3. The summed E-state index contributed by atoms with van der Waals surface area (Å²) in [7, 11) is 3.64. The number of nitrogens with zero attached hydrogens (tertiary/aromatic N) is 1. The van der Waals surface area contributed by atoms with Gasteiger partial charge < -0.3 is 19.5 Å². The third-order valence-corrected chi connectivity index (χ3v) is 3.23. The number of likely N-dealkylation sites (tertiary alicyclic amines) is 1. The third kappa shape index (κ3) is 3.61. The normalized spacial score (nSPS) is 19.4. The molecule has 1 aliphatic heterocycles. The monoisotopic (exact) mass is 265 g/mol. The summed E-state index contributed by atoms with van der Waals surface area (Å²) in [4.78, 5) is 12.9. The van der Waals surface area contributed by atoms with E-state index in [-0.39, 0.29) is 12.5 Å². The second-order valence-corrected chi connectivity index (χ2v) is 4.85. The van der Waals surface area contributed by atoms with Crippen LogP contribution in [0, 0.1) is 0 Å². The van der Waals surface area contributed by atoms with E-state index in [4.69, 9.17) is 14.6 Å². The Morgan fingerprint density at radius 2 is 2.26 bits per heavy atom. The lowest BCUT2D eigenvalue weighted by atomic mass is 10.1. The van der Waals surface area contributed by atoms with Crippen molar-refractivity contribution >= 4 is 5.97 Å². The van der Waals surface area contributed by atoms with Gasteiger partial charge in [0, 0.05) is 13.1 Å². The molecule has 5 nitrogen and oxygen atoms in total. The average molecular weight is 265 g/mol. The van der Waals surface area contributed by atoms with Crippen LogP contribution in [0.4, 0.5) is 0 Å². The van der Waals surface area contributed by atoms with Gasteiger partial charge in [0.25, 0.3) is 0 Å². The maximum Gasteiger partial charge on any atom is 0.307 e. The van der Waals surface area contributed by atoms with Gasteiger partial charge in [-0.15, -0.1) is 0 Å². The molecule has 1 aliphatic rings. The van der Waals surface area contributed by atoms with Gasteiger partial charge in [-0.05, 0) is 31.2 Å². The van der Waals surface area contributed by atoms with Crippen LogP contribution in [0.15, 0.2) is 18.2 Å². The molecule has 1 heterocycles. The number of carboxylic acid groups (broad SMARTS) is 1. The molecule has 0 spiro atoms. The molecule has 5 heteroatoms. The maximum atomic E-state index is 10.7. The fourth-order valence-corrected chi connectivity index (χ4v) is 2.27. The number of carbonyl (C=O) groups is 1. The van der Waals surface area contributed by atoms with Gasteiger partial charge in [0.1, 0.15) is 6.10 Å². The van der Waals surface area contributed by atoms with Crippen LogP contribution in [0.2, 0.25) is 0 Å². The predicted octanol–water partition coefficient (Wildman–Crippen LogP) is 1.41. The number of carboxylic acids is 1. The largest absolute Gasteiger partial charge is 0.493 e. The van der Waals surface area contributed by atoms with Crippen molar-refractivity contribution in [1.29, 1.82) is 0 Å². The standard InChI is InChI=1S/C14H19NO4/c1-15-6-5-11(9-15)19-13-7-10(8-14(16)17)3-4-12(13)18-2/h3-4,7,11H,5-6,8-9H2,1-2H3,(H,16,17). The van der Waals surface area contributed by atoms with Crippen LogP contribution < -0.4 is 9.47 Å². The smallest absolute Gasteiger partial charge is 0.307 e. The number of aliphatic carboxylic acids is 1. The van der Waals surface area contributed by atoms with Crippen LogP contribution >= 0.6 is 0 Å². The predicted molar refractivity (Wildman–Crippen MR) is 70.9 cm³/mol. The van der Waals surface area contributed by atoms with Crippen molar-refractivity contribution in [2.75, 3.05) is 27.2 Å². The van der Waals surface area contributed by atoms with Crippen LogP contribution in [-0.4, -0.2) is 49.3 Å². The van der Waals surface area contributed by atoms with Crippen molar-refractivity contribution in [3.8, 4) is 11.5 Å². The molecule has 2 rings (SSSR count). The Bertz CT molecular complexity index is 461. The highest BCUT2D eigenvalue weighted by atomic mass is 16.5. The number of likely N-dealkylation sites (N-methyl/N-ethyl adjacent to an activating group) is 1. The summed E-state index contributed by atoms with van der Waals surface area (Å²) < 4.78 is 11.2. The number of methoxy groups -OCH3 is 1. The summed E-state index contributed by atoms with van der Waals surface area (Å²) in [6.45, 7) is 1.90. The van der Waals surface area contributed by atoms with Crippen LogP contribution in [-0.2, 0) is 11.2 Å². The van der Waals surface area contributed by atoms with Gasteiger partial charge >= 0.3 is 5.97 Å². The van der Waals surface area contributed by atoms with E-state index < -0.39 is 5.97 Å². The molecule has 1 unspecified atom stereocenters. The van der Waals surface area contributed by atoms with Crippen molar-refractivity contribution in [2.45, 2.75) is 18.9 Å². The first-order chi connectivity index (χ1) is 9.08. The Morgan fingerprint density at radius 3 is 2.84 bits per heavy atom. The first-order valence-electron chi connectivity index (χ1n) is 6.32. The molecule has 1 saturated heterocycles. The summed E-state index contributed by atoms with van der Waals surface area (Å²) in [5.41, 5.74) is 0.717. The number of hydrogen-bond donors (Lipinski definition) is 1. The number of benzene rings is 1. The van der Waals surface area contributed by atoms with E-state index in [1.165, 1.54) is 0 Å². The lowest BCUT2D eigenvalue weighted by Gasteiger charge is -2.17. The quantitative estimate of drug-likeness (QED) is 0.872. The Hall–Kier alpha value is -1.75. The molecule has 0 bridgehead atoms. The van der Waals surface area contributed by atoms with E-state index in [2.05, 4.69) is 11.9 Å². The van der Waals surface area contributed by atoms with Crippen molar-refractivity contribution in [3.05, 3.63) is 23.8 Å². The zero-order chi connectivity index (χ0) is 13.8. The summed E-state index contributed by atoms with van der Waals surface area (Å²) >= 11 is 0. The molecule has 19 heavy (non-hydrogen) atoms. The molecule has 1 atom stereocenters. The Labute approximate surface area is 112 Å². The molecule has 1 aromatic rings. The van der Waals surface area contributed by atoms with Crippen LogP contribution in [0.3, 0.4) is 0 Å². The Balaban J connectivity index is 2.13. The lowest BCUT2D eigenvalue weighted by Crippen LogP contribution is -2.21. The highest BCUT2D eigenvalue weighted by Crippen LogP contribution is 2.30. The number of rotatable bonds is 5. The first-order valence-corrected chi connectivity index (χ1v) is 6.32. The van der Waals surface area contributed by atoms with Crippen molar-refractivity contribution < 1.29 is 19.4 Å². The van der Waals surface area contributed by atoms with E-state index in [1.54, 1.807) is 25.3 Å². The van der Waals surface area contributed by atoms with Crippen molar-refractivity contribution in [1.82, 2.24) is 4.90 Å². The van der Waals surface area contributed by atoms with Gasteiger partial charge in [-0.3, -0.25) is 4.79 Å². The van der Waals surface area contributed by atoms with E-state index in [1.807, 2.05) is 0 Å². The van der Waals surface area contributed by atoms with Gasteiger partial charge in [0.15, 0.2) is 11.5 Å². The highest BCUT2D eigenvalue weighted by molar-refractivity contribution is 5.70. The van der Waals surface area contributed by atoms with Gasteiger partial charge in [0.2, 0.25) is 0 Å². The number of ether oxygens (including phenoxy) is 2.